The lowest BCUT2D eigenvalue weighted by molar-refractivity contribution is -0.120. The molecule has 0 bridgehead atoms. The molecule has 1 amide bonds. The molecule has 144 valence electrons. The molecule has 3 rings (SSSR count). The molecule has 2 aromatic rings. The van der Waals surface area contributed by atoms with Gasteiger partial charge in [0.2, 0.25) is 5.91 Å². The molecule has 1 atom stereocenters. The summed E-state index contributed by atoms with van der Waals surface area (Å²) in [4.78, 5) is 12.8. The summed E-state index contributed by atoms with van der Waals surface area (Å²) in [7, 11) is -3.79. The summed E-state index contributed by atoms with van der Waals surface area (Å²) in [5.41, 5.74) is 3.24. The first-order chi connectivity index (χ1) is 12.9. The number of hydrogen-bond donors (Lipinski definition) is 1. The summed E-state index contributed by atoms with van der Waals surface area (Å²) in [6.45, 7) is 5.83. The van der Waals surface area contributed by atoms with Crippen molar-refractivity contribution in [2.24, 2.45) is 0 Å². The van der Waals surface area contributed by atoms with Crippen LogP contribution in [-0.4, -0.2) is 26.9 Å². The Morgan fingerprint density at radius 1 is 1.11 bits per heavy atom. The van der Waals surface area contributed by atoms with E-state index in [4.69, 9.17) is 0 Å². The fraction of sp³-hybridized carbons (Fsp3) is 0.381. The second kappa shape index (κ2) is 7.72. The summed E-state index contributed by atoms with van der Waals surface area (Å²) in [5, 5.41) is 2.90. The average Bonchev–Trinajstić information content (AvgIpc) is 2.65. The monoisotopic (exact) mass is 386 g/mol. The Morgan fingerprint density at radius 2 is 1.85 bits per heavy atom. The van der Waals surface area contributed by atoms with Crippen molar-refractivity contribution in [2.75, 3.05) is 10.8 Å². The number of nitrogens with one attached hydrogen (secondary N) is 1. The Balaban J connectivity index is 2.04. The Kier molecular flexibility index (Phi) is 5.56. The van der Waals surface area contributed by atoms with Crippen LogP contribution in [0.25, 0.3) is 11.1 Å². The van der Waals surface area contributed by atoms with Crippen LogP contribution in [0.3, 0.4) is 0 Å². The highest BCUT2D eigenvalue weighted by atomic mass is 32.2. The third kappa shape index (κ3) is 3.72. The van der Waals surface area contributed by atoms with E-state index in [9.17, 15) is 13.2 Å². The van der Waals surface area contributed by atoms with Gasteiger partial charge in [-0.15, -0.1) is 0 Å². The van der Waals surface area contributed by atoms with E-state index in [2.05, 4.69) is 19.2 Å². The zero-order valence-corrected chi connectivity index (χ0v) is 16.8. The fourth-order valence-electron chi connectivity index (χ4n) is 3.52. The van der Waals surface area contributed by atoms with Gasteiger partial charge in [-0.25, -0.2) is 8.42 Å². The Hall–Kier alpha value is -2.34. The van der Waals surface area contributed by atoms with Crippen molar-refractivity contribution >= 4 is 21.6 Å². The highest BCUT2D eigenvalue weighted by Crippen LogP contribution is 2.43. The van der Waals surface area contributed by atoms with Gasteiger partial charge >= 0.3 is 0 Å². The number of hydrogen-bond acceptors (Lipinski definition) is 3. The molecule has 0 saturated heterocycles. The predicted molar refractivity (Wildman–Crippen MR) is 108 cm³/mol. The summed E-state index contributed by atoms with van der Waals surface area (Å²) in [6.07, 6.45) is 2.68. The van der Waals surface area contributed by atoms with Crippen molar-refractivity contribution in [2.45, 2.75) is 51.0 Å². The topological polar surface area (TPSA) is 66.5 Å². The molecule has 0 fully saturated rings. The van der Waals surface area contributed by atoms with Crippen LogP contribution in [0.1, 0.15) is 39.2 Å². The predicted octanol–water partition coefficient (Wildman–Crippen LogP) is 3.73. The molecule has 6 heteroatoms. The highest BCUT2D eigenvalue weighted by Gasteiger charge is 2.36. The Labute approximate surface area is 161 Å². The minimum atomic E-state index is -3.79. The number of carbonyl (C=O) groups excluding carboxylic acids is 1. The summed E-state index contributed by atoms with van der Waals surface area (Å²) in [5.74, 6) is -0.288. The molecule has 0 aliphatic carbocycles. The van der Waals surface area contributed by atoms with Gasteiger partial charge in [0, 0.05) is 17.2 Å². The Bertz CT molecular complexity index is 954. The van der Waals surface area contributed by atoms with Crippen LogP contribution in [0.5, 0.6) is 0 Å². The van der Waals surface area contributed by atoms with Crippen molar-refractivity contribution in [1.82, 2.24) is 5.32 Å². The lowest BCUT2D eigenvalue weighted by atomic mass is 9.99. The Morgan fingerprint density at radius 3 is 2.56 bits per heavy atom. The number of carbonyl (C=O) groups is 1. The van der Waals surface area contributed by atoms with E-state index < -0.39 is 10.0 Å². The number of fused-ring (bicyclic) bond motifs is 3. The number of nitrogens with zero attached hydrogens (tertiary/aromatic N) is 1. The molecule has 0 saturated carbocycles. The van der Waals surface area contributed by atoms with E-state index in [1.165, 1.54) is 4.31 Å². The van der Waals surface area contributed by atoms with Gasteiger partial charge in [0.15, 0.2) is 0 Å². The van der Waals surface area contributed by atoms with E-state index in [-0.39, 0.29) is 23.4 Å². The van der Waals surface area contributed by atoms with Gasteiger partial charge in [-0.3, -0.25) is 9.10 Å². The van der Waals surface area contributed by atoms with Gasteiger partial charge in [0.1, 0.15) is 6.54 Å². The SMILES string of the molecule is CCC[C@@H](C)NC(=O)CN1c2ccc(CC)cc2-c2ccccc2S1(=O)=O. The molecular weight excluding hydrogens is 360 g/mol. The van der Waals surface area contributed by atoms with E-state index >= 15 is 0 Å². The first kappa shape index (κ1) is 19.4. The number of amides is 1. The molecule has 0 radical (unpaired) electrons. The van der Waals surface area contributed by atoms with Crippen molar-refractivity contribution in [3.05, 3.63) is 48.0 Å². The summed E-state index contributed by atoms with van der Waals surface area (Å²) in [6, 6.07) is 12.8. The lowest BCUT2D eigenvalue weighted by Gasteiger charge is -2.32. The van der Waals surface area contributed by atoms with E-state index in [1.807, 2.05) is 37.3 Å². The zero-order valence-electron chi connectivity index (χ0n) is 16.0. The first-order valence-corrected chi connectivity index (χ1v) is 10.9. The second-order valence-corrected chi connectivity index (χ2v) is 8.80. The van der Waals surface area contributed by atoms with E-state index in [0.717, 1.165) is 30.4 Å². The number of anilines is 1. The molecule has 1 aliphatic heterocycles. The van der Waals surface area contributed by atoms with Crippen molar-refractivity contribution in [3.63, 3.8) is 0 Å². The smallest absolute Gasteiger partial charge is 0.265 e. The van der Waals surface area contributed by atoms with Crippen LogP contribution in [0, 0.1) is 0 Å². The van der Waals surface area contributed by atoms with Gasteiger partial charge in [0.05, 0.1) is 10.6 Å². The van der Waals surface area contributed by atoms with Crippen molar-refractivity contribution in [1.29, 1.82) is 0 Å². The van der Waals surface area contributed by atoms with Crippen molar-refractivity contribution in [3.8, 4) is 11.1 Å². The molecular formula is C21H26N2O3S. The zero-order chi connectivity index (χ0) is 19.6. The van der Waals surface area contributed by atoms with Gasteiger partial charge in [0.25, 0.3) is 10.0 Å². The molecule has 2 aromatic carbocycles. The fourth-order valence-corrected chi connectivity index (χ4v) is 5.17. The number of benzene rings is 2. The van der Waals surface area contributed by atoms with Crippen LogP contribution < -0.4 is 9.62 Å². The number of rotatable bonds is 6. The molecule has 5 nitrogen and oxygen atoms in total. The van der Waals surface area contributed by atoms with Gasteiger partial charge < -0.3 is 5.32 Å². The standard InChI is InChI=1S/C21H26N2O3S/c1-4-8-15(3)22-21(24)14-23-19-12-11-16(5-2)13-18(19)17-9-6-7-10-20(17)27(23,25)26/h6-7,9-13,15H,4-5,8,14H2,1-3H3,(H,22,24)/t15-/m1/s1. The van der Waals surface area contributed by atoms with Gasteiger partial charge in [-0.05, 0) is 43.5 Å². The third-order valence-corrected chi connectivity index (χ3v) is 6.72. The average molecular weight is 387 g/mol. The quantitative estimate of drug-likeness (QED) is 0.823. The van der Waals surface area contributed by atoms with Crippen LogP contribution in [-0.2, 0) is 21.2 Å². The third-order valence-electron chi connectivity index (χ3n) is 4.90. The van der Waals surface area contributed by atoms with Gasteiger partial charge in [-0.2, -0.15) is 0 Å². The maximum absolute atomic E-state index is 13.2. The summed E-state index contributed by atoms with van der Waals surface area (Å²) < 4.78 is 27.7. The van der Waals surface area contributed by atoms with Crippen LogP contribution in [0.4, 0.5) is 5.69 Å². The molecule has 0 spiro atoms. The second-order valence-electron chi connectivity index (χ2n) is 6.97. The van der Waals surface area contributed by atoms with E-state index in [0.29, 0.717) is 11.3 Å². The molecule has 1 N–H and O–H groups in total. The molecule has 1 heterocycles. The minimum absolute atomic E-state index is 0.0178. The lowest BCUT2D eigenvalue weighted by Crippen LogP contribution is -2.44. The summed E-state index contributed by atoms with van der Waals surface area (Å²) >= 11 is 0. The molecule has 1 aliphatic rings. The first-order valence-electron chi connectivity index (χ1n) is 9.42. The maximum atomic E-state index is 13.2. The van der Waals surface area contributed by atoms with Crippen LogP contribution >= 0.6 is 0 Å². The molecule has 0 aromatic heterocycles. The minimum Gasteiger partial charge on any atom is -0.352 e. The molecule has 0 unspecified atom stereocenters. The van der Waals surface area contributed by atoms with E-state index in [1.54, 1.807) is 12.1 Å². The van der Waals surface area contributed by atoms with Gasteiger partial charge in [-0.1, -0.05) is 44.5 Å². The number of aryl methyl sites for hydroxylation is 1. The highest BCUT2D eigenvalue weighted by molar-refractivity contribution is 7.93. The largest absolute Gasteiger partial charge is 0.352 e. The van der Waals surface area contributed by atoms with Crippen LogP contribution in [0.2, 0.25) is 0 Å². The molecule has 27 heavy (non-hydrogen) atoms. The number of sulfonamides is 1. The van der Waals surface area contributed by atoms with Crippen molar-refractivity contribution < 1.29 is 13.2 Å². The maximum Gasteiger partial charge on any atom is 0.265 e. The van der Waals surface area contributed by atoms with Crippen LogP contribution in [0.15, 0.2) is 47.4 Å². The normalized spacial score (nSPS) is 15.6.